The molecule has 156 valence electrons. The van der Waals surface area contributed by atoms with Crippen molar-refractivity contribution in [1.82, 2.24) is 9.71 Å². The highest BCUT2D eigenvalue weighted by molar-refractivity contribution is 7.89. The largest absolute Gasteiger partial charge is 0.480 e. The summed E-state index contributed by atoms with van der Waals surface area (Å²) in [6, 6.07) is 6.84. The van der Waals surface area contributed by atoms with Crippen molar-refractivity contribution in [2.24, 2.45) is 0 Å². The van der Waals surface area contributed by atoms with Crippen LogP contribution >= 0.6 is 11.6 Å². The summed E-state index contributed by atoms with van der Waals surface area (Å²) in [6.07, 6.45) is 1.27. The van der Waals surface area contributed by atoms with Gasteiger partial charge in [0.15, 0.2) is 0 Å². The van der Waals surface area contributed by atoms with Crippen LogP contribution in [0.5, 0.6) is 5.88 Å². The molecule has 1 heterocycles. The second kappa shape index (κ2) is 8.76. The van der Waals surface area contributed by atoms with Gasteiger partial charge in [0.05, 0.1) is 31.0 Å². The van der Waals surface area contributed by atoms with Crippen LogP contribution in [0.1, 0.15) is 24.2 Å². The first-order valence-corrected chi connectivity index (χ1v) is 10.1. The molecule has 2 N–H and O–H groups in total. The lowest BCUT2D eigenvalue weighted by molar-refractivity contribution is -0.120. The molecule has 0 aliphatic carbocycles. The molecule has 0 fully saturated rings. The second-order valence-electron chi connectivity index (χ2n) is 6.41. The number of nitrogens with zero attached hydrogens (tertiary/aromatic N) is 1. The number of methoxy groups -OCH3 is 2. The van der Waals surface area contributed by atoms with Gasteiger partial charge in [0.25, 0.3) is 0 Å². The number of carbonyl (C=O) groups excluding carboxylic acids is 2. The number of anilines is 1. The number of nitrogens with one attached hydrogen (secondary N) is 2. The molecule has 0 saturated carbocycles. The van der Waals surface area contributed by atoms with Crippen molar-refractivity contribution in [2.45, 2.75) is 24.3 Å². The molecule has 29 heavy (non-hydrogen) atoms. The third kappa shape index (κ3) is 5.43. The number of sulfonamides is 1. The van der Waals surface area contributed by atoms with Crippen LogP contribution in [0, 0.1) is 0 Å². The average molecular weight is 442 g/mol. The lowest BCUT2D eigenvalue weighted by Gasteiger charge is -2.25. The standard InChI is InChI=1S/C18H20ClN3O6S/c1-18(2,22-29(25,26)13-7-5-11(19)6-8-13)17(24)21-12-9-14(16(23)28-4)15(27-3)20-10-12/h5-10,22H,1-4H3,(H,21,24). The lowest BCUT2D eigenvalue weighted by atomic mass is 10.1. The highest BCUT2D eigenvalue weighted by Gasteiger charge is 2.33. The topological polar surface area (TPSA) is 124 Å². The average Bonchev–Trinajstić information content (AvgIpc) is 2.66. The number of pyridine rings is 1. The van der Waals surface area contributed by atoms with Crippen molar-refractivity contribution in [3.05, 3.63) is 47.1 Å². The van der Waals surface area contributed by atoms with Gasteiger partial charge in [0, 0.05) is 5.02 Å². The molecule has 0 atom stereocenters. The fourth-order valence-electron chi connectivity index (χ4n) is 2.28. The first-order valence-electron chi connectivity index (χ1n) is 8.23. The number of amides is 1. The number of hydrogen-bond donors (Lipinski definition) is 2. The van der Waals surface area contributed by atoms with Crippen LogP contribution in [0.3, 0.4) is 0 Å². The third-order valence-electron chi connectivity index (χ3n) is 3.79. The minimum atomic E-state index is -3.99. The van der Waals surface area contributed by atoms with Crippen LogP contribution in [0.4, 0.5) is 5.69 Å². The molecule has 0 bridgehead atoms. The highest BCUT2D eigenvalue weighted by atomic mass is 35.5. The van der Waals surface area contributed by atoms with E-state index < -0.39 is 27.4 Å². The fraction of sp³-hybridized carbons (Fsp3) is 0.278. The van der Waals surface area contributed by atoms with Crippen molar-refractivity contribution in [3.63, 3.8) is 0 Å². The van der Waals surface area contributed by atoms with Gasteiger partial charge < -0.3 is 14.8 Å². The van der Waals surface area contributed by atoms with Gasteiger partial charge in [-0.1, -0.05) is 11.6 Å². The predicted octanol–water partition coefficient (Wildman–Crippen LogP) is 2.23. The van der Waals surface area contributed by atoms with E-state index in [0.29, 0.717) is 5.02 Å². The molecule has 0 aliphatic rings. The Bertz CT molecular complexity index is 1020. The molecule has 1 aromatic carbocycles. The van der Waals surface area contributed by atoms with E-state index in [4.69, 9.17) is 16.3 Å². The van der Waals surface area contributed by atoms with E-state index in [1.165, 1.54) is 64.6 Å². The number of hydrogen-bond acceptors (Lipinski definition) is 7. The summed E-state index contributed by atoms with van der Waals surface area (Å²) < 4.78 is 37.1. The molecule has 0 saturated heterocycles. The molecular weight excluding hydrogens is 422 g/mol. The van der Waals surface area contributed by atoms with Gasteiger partial charge >= 0.3 is 5.97 Å². The zero-order valence-electron chi connectivity index (χ0n) is 16.1. The normalized spacial score (nSPS) is 11.6. The minimum absolute atomic E-state index is 0.00681. The van der Waals surface area contributed by atoms with Gasteiger partial charge in [-0.3, -0.25) is 4.79 Å². The molecule has 0 aliphatic heterocycles. The maximum atomic E-state index is 12.7. The first kappa shape index (κ1) is 22.6. The van der Waals surface area contributed by atoms with Crippen molar-refractivity contribution in [2.75, 3.05) is 19.5 Å². The Kier molecular flexibility index (Phi) is 6.83. The molecular formula is C18H20ClN3O6S. The maximum Gasteiger partial charge on any atom is 0.343 e. The summed E-state index contributed by atoms with van der Waals surface area (Å²) in [7, 11) is -1.46. The number of aromatic nitrogens is 1. The fourth-order valence-corrected chi connectivity index (χ4v) is 3.78. The number of ether oxygens (including phenoxy) is 2. The first-order chi connectivity index (χ1) is 13.5. The Hall–Kier alpha value is -2.69. The number of esters is 1. The SMILES string of the molecule is COC(=O)c1cc(NC(=O)C(C)(C)NS(=O)(=O)c2ccc(Cl)cc2)cnc1OC. The third-order valence-corrected chi connectivity index (χ3v) is 5.71. The molecule has 9 nitrogen and oxygen atoms in total. The summed E-state index contributed by atoms with van der Waals surface area (Å²) in [5, 5.41) is 2.91. The van der Waals surface area contributed by atoms with Crippen LogP contribution < -0.4 is 14.8 Å². The Balaban J connectivity index is 2.23. The van der Waals surface area contributed by atoms with E-state index in [-0.39, 0.29) is 22.0 Å². The van der Waals surface area contributed by atoms with Gasteiger partial charge in [0.1, 0.15) is 11.1 Å². The van der Waals surface area contributed by atoms with Gasteiger partial charge in [-0.2, -0.15) is 4.72 Å². The number of halogens is 1. The van der Waals surface area contributed by atoms with Gasteiger partial charge in [-0.05, 0) is 44.2 Å². The Labute approximate surface area is 173 Å². The maximum absolute atomic E-state index is 12.7. The predicted molar refractivity (Wildman–Crippen MR) is 107 cm³/mol. The van der Waals surface area contributed by atoms with E-state index in [1.807, 2.05) is 0 Å². The molecule has 2 rings (SSSR count). The van der Waals surface area contributed by atoms with Crippen molar-refractivity contribution >= 4 is 39.2 Å². The van der Waals surface area contributed by atoms with E-state index in [0.717, 1.165) is 0 Å². The Morgan fingerprint density at radius 3 is 2.31 bits per heavy atom. The smallest absolute Gasteiger partial charge is 0.343 e. The second-order valence-corrected chi connectivity index (χ2v) is 8.53. The minimum Gasteiger partial charge on any atom is -0.480 e. The van der Waals surface area contributed by atoms with Crippen molar-refractivity contribution in [1.29, 1.82) is 0 Å². The van der Waals surface area contributed by atoms with Crippen molar-refractivity contribution in [3.8, 4) is 5.88 Å². The summed E-state index contributed by atoms with van der Waals surface area (Å²) in [5.41, 5.74) is -1.36. The van der Waals surface area contributed by atoms with Gasteiger partial charge in [-0.25, -0.2) is 18.2 Å². The molecule has 0 unspecified atom stereocenters. The van der Waals surface area contributed by atoms with Gasteiger partial charge in [-0.15, -0.1) is 0 Å². The van der Waals surface area contributed by atoms with Crippen LogP contribution in [0.2, 0.25) is 5.02 Å². The zero-order valence-corrected chi connectivity index (χ0v) is 17.7. The van der Waals surface area contributed by atoms with Crippen LogP contribution in [0.15, 0.2) is 41.4 Å². The van der Waals surface area contributed by atoms with E-state index >= 15 is 0 Å². The highest BCUT2D eigenvalue weighted by Crippen LogP contribution is 2.22. The lowest BCUT2D eigenvalue weighted by Crippen LogP contribution is -2.52. The zero-order chi connectivity index (χ0) is 21.8. The summed E-state index contributed by atoms with van der Waals surface area (Å²) in [4.78, 5) is 28.4. The van der Waals surface area contributed by atoms with Crippen LogP contribution in [0.25, 0.3) is 0 Å². The molecule has 2 aromatic rings. The summed E-state index contributed by atoms with van der Waals surface area (Å²) in [5.74, 6) is -1.34. The monoisotopic (exact) mass is 441 g/mol. The van der Waals surface area contributed by atoms with E-state index in [2.05, 4.69) is 19.8 Å². The van der Waals surface area contributed by atoms with Crippen molar-refractivity contribution < 1.29 is 27.5 Å². The van der Waals surface area contributed by atoms with Gasteiger partial charge in [0.2, 0.25) is 21.8 Å². The summed E-state index contributed by atoms with van der Waals surface area (Å²) >= 11 is 5.78. The number of benzene rings is 1. The number of carbonyl (C=O) groups is 2. The summed E-state index contributed by atoms with van der Waals surface area (Å²) in [6.45, 7) is 2.79. The van der Waals surface area contributed by atoms with Crippen LogP contribution in [-0.2, 0) is 19.6 Å². The van der Waals surface area contributed by atoms with E-state index in [9.17, 15) is 18.0 Å². The molecule has 1 aromatic heterocycles. The van der Waals surface area contributed by atoms with E-state index in [1.54, 1.807) is 0 Å². The molecule has 1 amide bonds. The Morgan fingerprint density at radius 2 is 1.76 bits per heavy atom. The molecule has 11 heteroatoms. The number of rotatable bonds is 7. The molecule has 0 radical (unpaired) electrons. The quantitative estimate of drug-likeness (QED) is 0.631. The molecule has 0 spiro atoms. The van der Waals surface area contributed by atoms with Crippen LogP contribution in [-0.4, -0.2) is 45.0 Å². The Morgan fingerprint density at radius 1 is 1.14 bits per heavy atom.